The molecular formula is C12H20N4O2. The fourth-order valence-electron chi connectivity index (χ4n) is 1.64. The van der Waals surface area contributed by atoms with Crippen molar-refractivity contribution in [2.75, 3.05) is 24.3 Å². The molecule has 1 aromatic heterocycles. The average molecular weight is 252 g/mol. The Kier molecular flexibility index (Phi) is 4.47. The molecule has 6 nitrogen and oxygen atoms in total. The van der Waals surface area contributed by atoms with Crippen LogP contribution in [0.2, 0.25) is 0 Å². The molecule has 6 heteroatoms. The van der Waals surface area contributed by atoms with Crippen LogP contribution in [0, 0.1) is 0 Å². The van der Waals surface area contributed by atoms with E-state index in [-0.39, 0.29) is 0 Å². The lowest BCUT2D eigenvalue weighted by molar-refractivity contribution is -0.142. The zero-order valence-electron chi connectivity index (χ0n) is 11.3. The highest BCUT2D eigenvalue weighted by Crippen LogP contribution is 2.20. The molecule has 0 radical (unpaired) electrons. The molecule has 0 saturated heterocycles. The first-order valence-corrected chi connectivity index (χ1v) is 5.91. The van der Waals surface area contributed by atoms with Crippen molar-refractivity contribution < 1.29 is 9.90 Å². The second-order valence-electron chi connectivity index (χ2n) is 4.65. The standard InChI is InChI=1S/C12H20N4O2/c1-5-7-12(2,10(17)18)15-9-6-8-13-11(14-9)16(3)4/h6,8H,5,7H2,1-4H3,(H,17,18)(H,13,14,15). The number of nitrogens with one attached hydrogen (secondary N) is 1. The van der Waals surface area contributed by atoms with Gasteiger partial charge in [-0.05, 0) is 19.4 Å². The van der Waals surface area contributed by atoms with Gasteiger partial charge >= 0.3 is 5.97 Å². The SMILES string of the molecule is CCCC(C)(Nc1ccnc(N(C)C)n1)C(=O)O. The molecule has 1 unspecified atom stereocenters. The highest BCUT2D eigenvalue weighted by molar-refractivity contribution is 5.81. The van der Waals surface area contributed by atoms with Gasteiger partial charge in [-0.2, -0.15) is 4.98 Å². The van der Waals surface area contributed by atoms with Crippen LogP contribution in [-0.4, -0.2) is 40.7 Å². The van der Waals surface area contributed by atoms with Crippen LogP contribution < -0.4 is 10.2 Å². The lowest BCUT2D eigenvalue weighted by Crippen LogP contribution is -2.43. The Hall–Kier alpha value is -1.85. The van der Waals surface area contributed by atoms with Crippen LogP contribution in [0.4, 0.5) is 11.8 Å². The molecule has 0 aliphatic heterocycles. The zero-order chi connectivity index (χ0) is 13.8. The second kappa shape index (κ2) is 5.66. The number of carbonyl (C=O) groups is 1. The number of rotatable bonds is 6. The van der Waals surface area contributed by atoms with Crippen molar-refractivity contribution in [2.24, 2.45) is 0 Å². The third-order valence-electron chi connectivity index (χ3n) is 2.67. The summed E-state index contributed by atoms with van der Waals surface area (Å²) in [5.74, 6) is 0.186. The van der Waals surface area contributed by atoms with Gasteiger partial charge in [-0.15, -0.1) is 0 Å². The molecule has 0 aromatic carbocycles. The van der Waals surface area contributed by atoms with Gasteiger partial charge in [0.15, 0.2) is 0 Å². The Balaban J connectivity index is 2.94. The summed E-state index contributed by atoms with van der Waals surface area (Å²) in [4.78, 5) is 21.4. The first kappa shape index (κ1) is 14.2. The van der Waals surface area contributed by atoms with Gasteiger partial charge in [-0.3, -0.25) is 0 Å². The van der Waals surface area contributed by atoms with Crippen LogP contribution in [0.1, 0.15) is 26.7 Å². The normalized spacial score (nSPS) is 13.8. The number of nitrogens with zero attached hydrogens (tertiary/aromatic N) is 3. The number of hydrogen-bond donors (Lipinski definition) is 2. The van der Waals surface area contributed by atoms with Crippen LogP contribution in [0.25, 0.3) is 0 Å². The summed E-state index contributed by atoms with van der Waals surface area (Å²) in [5.41, 5.74) is -1.01. The second-order valence-corrected chi connectivity index (χ2v) is 4.65. The summed E-state index contributed by atoms with van der Waals surface area (Å²) in [6, 6.07) is 1.67. The largest absolute Gasteiger partial charge is 0.480 e. The Morgan fingerprint density at radius 1 is 1.56 bits per heavy atom. The summed E-state index contributed by atoms with van der Waals surface area (Å²) in [6.45, 7) is 3.62. The van der Waals surface area contributed by atoms with Crippen LogP contribution in [0.5, 0.6) is 0 Å². The molecule has 0 fully saturated rings. The summed E-state index contributed by atoms with van der Waals surface area (Å²) < 4.78 is 0. The minimum atomic E-state index is -1.01. The molecule has 1 rings (SSSR count). The van der Waals surface area contributed by atoms with Gasteiger partial charge in [0.25, 0.3) is 0 Å². The summed E-state index contributed by atoms with van der Waals surface area (Å²) in [5, 5.41) is 12.3. The van der Waals surface area contributed by atoms with Crippen molar-refractivity contribution in [3.8, 4) is 0 Å². The molecule has 1 heterocycles. The van der Waals surface area contributed by atoms with E-state index in [4.69, 9.17) is 0 Å². The van der Waals surface area contributed by atoms with Gasteiger partial charge < -0.3 is 15.3 Å². The molecule has 0 aliphatic carbocycles. The Morgan fingerprint density at radius 3 is 2.72 bits per heavy atom. The van der Waals surface area contributed by atoms with Crippen molar-refractivity contribution in [3.63, 3.8) is 0 Å². The molecule has 0 amide bonds. The van der Waals surface area contributed by atoms with Gasteiger partial charge in [0, 0.05) is 20.3 Å². The van der Waals surface area contributed by atoms with E-state index < -0.39 is 11.5 Å². The molecule has 0 aliphatic rings. The fourth-order valence-corrected chi connectivity index (χ4v) is 1.64. The van der Waals surface area contributed by atoms with Crippen LogP contribution in [0.15, 0.2) is 12.3 Å². The van der Waals surface area contributed by atoms with Crippen molar-refractivity contribution in [3.05, 3.63) is 12.3 Å². The zero-order valence-corrected chi connectivity index (χ0v) is 11.3. The first-order chi connectivity index (χ1) is 8.39. The highest BCUT2D eigenvalue weighted by atomic mass is 16.4. The van der Waals surface area contributed by atoms with E-state index in [1.807, 2.05) is 21.0 Å². The quantitative estimate of drug-likeness (QED) is 0.800. The Labute approximate surface area is 107 Å². The predicted octanol–water partition coefficient (Wildman–Crippen LogP) is 1.60. The number of carboxylic acid groups (broad SMARTS) is 1. The molecule has 1 atom stereocenters. The maximum absolute atomic E-state index is 11.3. The average Bonchev–Trinajstić information content (AvgIpc) is 2.29. The molecular weight excluding hydrogens is 232 g/mol. The molecule has 2 N–H and O–H groups in total. The van der Waals surface area contributed by atoms with E-state index in [0.717, 1.165) is 6.42 Å². The molecule has 100 valence electrons. The van der Waals surface area contributed by atoms with Crippen molar-refractivity contribution in [1.29, 1.82) is 0 Å². The summed E-state index contributed by atoms with van der Waals surface area (Å²) >= 11 is 0. The number of anilines is 2. The maximum atomic E-state index is 11.3. The number of hydrogen-bond acceptors (Lipinski definition) is 5. The lowest BCUT2D eigenvalue weighted by atomic mass is 9.96. The van der Waals surface area contributed by atoms with E-state index >= 15 is 0 Å². The number of aliphatic carboxylic acids is 1. The minimum Gasteiger partial charge on any atom is -0.480 e. The van der Waals surface area contributed by atoms with Crippen molar-refractivity contribution in [1.82, 2.24) is 9.97 Å². The van der Waals surface area contributed by atoms with Gasteiger partial charge in [-0.25, -0.2) is 9.78 Å². The molecule has 0 saturated carbocycles. The Morgan fingerprint density at radius 2 is 2.22 bits per heavy atom. The number of carboxylic acids is 1. The monoisotopic (exact) mass is 252 g/mol. The lowest BCUT2D eigenvalue weighted by Gasteiger charge is -2.26. The van der Waals surface area contributed by atoms with Gasteiger partial charge in [0.1, 0.15) is 11.4 Å². The third-order valence-corrected chi connectivity index (χ3v) is 2.67. The van der Waals surface area contributed by atoms with Gasteiger partial charge in [-0.1, -0.05) is 13.3 Å². The van der Waals surface area contributed by atoms with E-state index in [9.17, 15) is 9.90 Å². The highest BCUT2D eigenvalue weighted by Gasteiger charge is 2.32. The van der Waals surface area contributed by atoms with Gasteiger partial charge in [0.2, 0.25) is 5.95 Å². The van der Waals surface area contributed by atoms with E-state index in [1.54, 1.807) is 24.1 Å². The molecule has 0 spiro atoms. The van der Waals surface area contributed by atoms with E-state index in [0.29, 0.717) is 18.2 Å². The molecule has 1 aromatic rings. The summed E-state index contributed by atoms with van der Waals surface area (Å²) in [6.07, 6.45) is 2.92. The molecule has 18 heavy (non-hydrogen) atoms. The van der Waals surface area contributed by atoms with Crippen molar-refractivity contribution in [2.45, 2.75) is 32.2 Å². The summed E-state index contributed by atoms with van der Waals surface area (Å²) in [7, 11) is 3.67. The Bertz CT molecular complexity index is 422. The van der Waals surface area contributed by atoms with Crippen LogP contribution in [-0.2, 0) is 4.79 Å². The predicted molar refractivity (Wildman–Crippen MR) is 70.9 cm³/mol. The maximum Gasteiger partial charge on any atom is 0.329 e. The molecule has 0 bridgehead atoms. The van der Waals surface area contributed by atoms with Crippen LogP contribution >= 0.6 is 0 Å². The topological polar surface area (TPSA) is 78.4 Å². The van der Waals surface area contributed by atoms with Crippen LogP contribution in [0.3, 0.4) is 0 Å². The van der Waals surface area contributed by atoms with Gasteiger partial charge in [0.05, 0.1) is 0 Å². The van der Waals surface area contributed by atoms with Crippen molar-refractivity contribution >= 4 is 17.7 Å². The third kappa shape index (κ3) is 3.32. The fraction of sp³-hybridized carbons (Fsp3) is 0.583. The first-order valence-electron chi connectivity index (χ1n) is 5.91. The number of aromatic nitrogens is 2. The smallest absolute Gasteiger partial charge is 0.329 e. The van der Waals surface area contributed by atoms with E-state index in [2.05, 4.69) is 15.3 Å². The minimum absolute atomic E-state index is 0.520. The van der Waals surface area contributed by atoms with E-state index in [1.165, 1.54) is 0 Å².